The molecule has 31 heavy (non-hydrogen) atoms. The van der Waals surface area contributed by atoms with Gasteiger partial charge in [-0.2, -0.15) is 0 Å². The Kier molecular flexibility index (Phi) is 6.39. The topological polar surface area (TPSA) is 67.9 Å². The van der Waals surface area contributed by atoms with Crippen molar-refractivity contribution >= 4 is 11.8 Å². The molecule has 2 amide bonds. The van der Waals surface area contributed by atoms with Crippen molar-refractivity contribution < 1.29 is 19.1 Å². The molecule has 2 aliphatic rings. The van der Waals surface area contributed by atoms with E-state index in [4.69, 9.17) is 9.47 Å². The number of hydrogen-bond acceptors (Lipinski definition) is 4. The van der Waals surface area contributed by atoms with Gasteiger partial charge in [0.2, 0.25) is 5.91 Å². The molecule has 1 saturated heterocycles. The Morgan fingerprint density at radius 1 is 1.16 bits per heavy atom. The van der Waals surface area contributed by atoms with Crippen LogP contribution in [-0.2, 0) is 25.5 Å². The van der Waals surface area contributed by atoms with Crippen molar-refractivity contribution in [2.75, 3.05) is 33.4 Å². The van der Waals surface area contributed by atoms with E-state index in [-0.39, 0.29) is 31.0 Å². The monoisotopic (exact) mass is 422 g/mol. The fourth-order valence-electron chi connectivity index (χ4n) is 4.02. The summed E-state index contributed by atoms with van der Waals surface area (Å²) in [6.07, 6.45) is 2.40. The van der Waals surface area contributed by atoms with Crippen molar-refractivity contribution in [3.8, 4) is 11.1 Å². The lowest BCUT2D eigenvalue weighted by atomic mass is 9.89. The molecule has 6 nitrogen and oxygen atoms in total. The molecular weight excluding hydrogens is 392 g/mol. The number of amides is 2. The molecule has 2 fully saturated rings. The largest absolute Gasteiger partial charge is 0.375 e. The van der Waals surface area contributed by atoms with Crippen molar-refractivity contribution in [2.24, 2.45) is 0 Å². The normalized spacial score (nSPS) is 21.0. The fourth-order valence-corrected chi connectivity index (χ4v) is 4.02. The first-order chi connectivity index (χ1) is 15.0. The summed E-state index contributed by atoms with van der Waals surface area (Å²) in [5.41, 5.74) is 3.34. The van der Waals surface area contributed by atoms with E-state index in [1.807, 2.05) is 12.1 Å². The number of carbonyl (C=O) groups is 2. The van der Waals surface area contributed by atoms with Crippen LogP contribution in [0.2, 0.25) is 0 Å². The highest BCUT2D eigenvalue weighted by atomic mass is 16.5. The van der Waals surface area contributed by atoms with E-state index in [1.165, 1.54) is 12.7 Å². The van der Waals surface area contributed by atoms with Crippen molar-refractivity contribution in [1.29, 1.82) is 0 Å². The van der Waals surface area contributed by atoms with E-state index >= 15 is 0 Å². The molecular formula is C25H30N2O4. The van der Waals surface area contributed by atoms with Gasteiger partial charge in [-0.3, -0.25) is 9.59 Å². The SMILES string of the molecule is COCC(=O)N1CCOC(Cc2cccc(-c3ccc(C)cc3)c2)(C(=O)NC2CC2)C1. The lowest BCUT2D eigenvalue weighted by Crippen LogP contribution is -2.62. The summed E-state index contributed by atoms with van der Waals surface area (Å²) < 4.78 is 11.2. The number of morpholine rings is 1. The Morgan fingerprint density at radius 3 is 2.65 bits per heavy atom. The summed E-state index contributed by atoms with van der Waals surface area (Å²) in [5, 5.41) is 3.10. The first-order valence-electron chi connectivity index (χ1n) is 10.9. The summed E-state index contributed by atoms with van der Waals surface area (Å²) in [6, 6.07) is 16.8. The number of nitrogens with one attached hydrogen (secondary N) is 1. The predicted molar refractivity (Wildman–Crippen MR) is 119 cm³/mol. The molecule has 1 aliphatic carbocycles. The Morgan fingerprint density at radius 2 is 1.94 bits per heavy atom. The minimum absolute atomic E-state index is 0.00321. The molecule has 4 rings (SSSR count). The van der Waals surface area contributed by atoms with E-state index in [2.05, 4.69) is 48.6 Å². The minimum Gasteiger partial charge on any atom is -0.375 e. The summed E-state index contributed by atoms with van der Waals surface area (Å²) in [7, 11) is 1.50. The molecule has 164 valence electrons. The molecule has 0 bridgehead atoms. The van der Waals surface area contributed by atoms with Gasteiger partial charge in [0.1, 0.15) is 6.61 Å². The first-order valence-corrected chi connectivity index (χ1v) is 10.9. The van der Waals surface area contributed by atoms with Gasteiger partial charge in [-0.15, -0.1) is 0 Å². The lowest BCUT2D eigenvalue weighted by Gasteiger charge is -2.41. The smallest absolute Gasteiger partial charge is 0.254 e. The highest BCUT2D eigenvalue weighted by molar-refractivity contribution is 5.88. The Hall–Kier alpha value is -2.70. The third-order valence-electron chi connectivity index (χ3n) is 5.93. The fraction of sp³-hybridized carbons (Fsp3) is 0.440. The number of nitrogens with zero attached hydrogens (tertiary/aromatic N) is 1. The molecule has 0 spiro atoms. The molecule has 1 atom stereocenters. The van der Waals surface area contributed by atoms with Gasteiger partial charge in [0.15, 0.2) is 5.60 Å². The van der Waals surface area contributed by atoms with Crippen LogP contribution < -0.4 is 5.32 Å². The van der Waals surface area contributed by atoms with Gasteiger partial charge < -0.3 is 19.7 Å². The van der Waals surface area contributed by atoms with Gasteiger partial charge in [-0.05, 0) is 36.5 Å². The molecule has 6 heteroatoms. The molecule has 2 aromatic carbocycles. The number of ether oxygens (including phenoxy) is 2. The van der Waals surface area contributed by atoms with Crippen LogP contribution in [0.25, 0.3) is 11.1 Å². The van der Waals surface area contributed by atoms with Crippen molar-refractivity contribution in [2.45, 2.75) is 37.8 Å². The molecule has 1 unspecified atom stereocenters. The summed E-state index contributed by atoms with van der Waals surface area (Å²) in [5.74, 6) is -0.256. The zero-order chi connectivity index (χ0) is 21.8. The molecule has 0 aromatic heterocycles. The second kappa shape index (κ2) is 9.20. The van der Waals surface area contributed by atoms with Crippen LogP contribution in [0.4, 0.5) is 0 Å². The maximum absolute atomic E-state index is 13.3. The second-order valence-corrected chi connectivity index (χ2v) is 8.58. The lowest BCUT2D eigenvalue weighted by molar-refractivity contribution is -0.167. The summed E-state index contributed by atoms with van der Waals surface area (Å²) in [6.45, 7) is 3.08. The van der Waals surface area contributed by atoms with Gasteiger partial charge in [0.25, 0.3) is 5.91 Å². The number of hydrogen-bond donors (Lipinski definition) is 1. The number of rotatable bonds is 7. The van der Waals surface area contributed by atoms with E-state index in [0.717, 1.165) is 29.5 Å². The number of carbonyl (C=O) groups excluding carboxylic acids is 2. The molecule has 1 N–H and O–H groups in total. The first kappa shape index (κ1) is 21.5. The van der Waals surface area contributed by atoms with Crippen LogP contribution in [-0.4, -0.2) is 61.8 Å². The maximum atomic E-state index is 13.3. The van der Waals surface area contributed by atoms with Gasteiger partial charge in [-0.1, -0.05) is 54.1 Å². The summed E-state index contributed by atoms with van der Waals surface area (Å²) >= 11 is 0. The Balaban J connectivity index is 1.60. The van der Waals surface area contributed by atoms with Gasteiger partial charge in [0, 0.05) is 26.1 Å². The molecule has 2 aromatic rings. The Labute approximate surface area is 183 Å². The average Bonchev–Trinajstić information content (AvgIpc) is 3.59. The van der Waals surface area contributed by atoms with Crippen LogP contribution in [0.15, 0.2) is 48.5 Å². The van der Waals surface area contributed by atoms with Crippen molar-refractivity contribution in [3.05, 3.63) is 59.7 Å². The quantitative estimate of drug-likeness (QED) is 0.745. The van der Waals surface area contributed by atoms with Crippen molar-refractivity contribution in [3.63, 3.8) is 0 Å². The summed E-state index contributed by atoms with van der Waals surface area (Å²) in [4.78, 5) is 27.4. The molecule has 1 saturated carbocycles. The van der Waals surface area contributed by atoms with E-state index in [9.17, 15) is 9.59 Å². The van der Waals surface area contributed by atoms with Crippen LogP contribution in [0.3, 0.4) is 0 Å². The van der Waals surface area contributed by atoms with E-state index in [0.29, 0.717) is 19.6 Å². The number of aryl methyl sites for hydroxylation is 1. The van der Waals surface area contributed by atoms with Crippen molar-refractivity contribution in [1.82, 2.24) is 10.2 Å². The van der Waals surface area contributed by atoms with Crippen LogP contribution in [0.5, 0.6) is 0 Å². The molecule has 1 heterocycles. The van der Waals surface area contributed by atoms with E-state index in [1.54, 1.807) is 4.90 Å². The third kappa shape index (κ3) is 5.14. The zero-order valence-electron chi connectivity index (χ0n) is 18.2. The number of methoxy groups -OCH3 is 1. The van der Waals surface area contributed by atoms with Crippen LogP contribution >= 0.6 is 0 Å². The standard InChI is InChI=1S/C25H30N2O4/c1-18-6-8-20(9-7-18)21-5-3-4-19(14-21)15-25(24(29)26-22-10-11-22)17-27(12-13-31-25)23(28)16-30-2/h3-9,14,22H,10-13,15-17H2,1-2H3,(H,26,29). The zero-order valence-corrected chi connectivity index (χ0v) is 18.2. The average molecular weight is 423 g/mol. The van der Waals surface area contributed by atoms with Crippen LogP contribution in [0, 0.1) is 6.92 Å². The maximum Gasteiger partial charge on any atom is 0.254 e. The third-order valence-corrected chi connectivity index (χ3v) is 5.93. The number of benzene rings is 2. The minimum atomic E-state index is -1.10. The van der Waals surface area contributed by atoms with Gasteiger partial charge >= 0.3 is 0 Å². The highest BCUT2D eigenvalue weighted by Crippen LogP contribution is 2.29. The second-order valence-electron chi connectivity index (χ2n) is 8.58. The molecule has 1 aliphatic heterocycles. The molecule has 0 radical (unpaired) electrons. The Bertz CT molecular complexity index is 939. The highest BCUT2D eigenvalue weighted by Gasteiger charge is 2.46. The van der Waals surface area contributed by atoms with Gasteiger partial charge in [-0.25, -0.2) is 0 Å². The van der Waals surface area contributed by atoms with E-state index < -0.39 is 5.60 Å². The van der Waals surface area contributed by atoms with Crippen LogP contribution in [0.1, 0.15) is 24.0 Å². The van der Waals surface area contributed by atoms with Gasteiger partial charge in [0.05, 0.1) is 13.2 Å². The predicted octanol–water partition coefficient (Wildman–Crippen LogP) is 2.73.